The van der Waals surface area contributed by atoms with Crippen LogP contribution in [-0.2, 0) is 4.79 Å². The lowest BCUT2D eigenvalue weighted by Gasteiger charge is -2.09. The van der Waals surface area contributed by atoms with Crippen LogP contribution in [0.5, 0.6) is 5.75 Å². The van der Waals surface area contributed by atoms with Gasteiger partial charge in [-0.15, -0.1) is 0 Å². The summed E-state index contributed by atoms with van der Waals surface area (Å²) in [6.07, 6.45) is 3.69. The van der Waals surface area contributed by atoms with Gasteiger partial charge in [-0.3, -0.25) is 5.43 Å². The fraction of sp³-hybridized carbons (Fsp3) is 0.0588. The van der Waals surface area contributed by atoms with E-state index in [1.165, 1.54) is 12.1 Å². The summed E-state index contributed by atoms with van der Waals surface area (Å²) in [5.41, 5.74) is 3.57. The van der Waals surface area contributed by atoms with Gasteiger partial charge in [-0.25, -0.2) is 9.18 Å². The molecule has 5 nitrogen and oxygen atoms in total. The Hall–Kier alpha value is -2.86. The molecule has 2 aromatic carbocycles. The molecule has 7 heteroatoms. The molecular formula is C17H14ClFN2O3. The van der Waals surface area contributed by atoms with Crippen molar-refractivity contribution in [2.45, 2.75) is 0 Å². The number of carboxylic acid groups (broad SMARTS) is 1. The third kappa shape index (κ3) is 5.40. The van der Waals surface area contributed by atoms with Gasteiger partial charge >= 0.3 is 5.97 Å². The summed E-state index contributed by atoms with van der Waals surface area (Å²) >= 11 is 5.39. The van der Waals surface area contributed by atoms with Crippen molar-refractivity contribution in [2.75, 3.05) is 12.0 Å². The lowest BCUT2D eigenvalue weighted by atomic mass is 10.2. The number of anilines is 1. The van der Waals surface area contributed by atoms with Crippen LogP contribution in [0.25, 0.3) is 6.08 Å². The van der Waals surface area contributed by atoms with Gasteiger partial charge in [0.25, 0.3) is 0 Å². The molecule has 0 atom stereocenters. The lowest BCUT2D eigenvalue weighted by Crippen LogP contribution is -2.08. The first-order valence-electron chi connectivity index (χ1n) is 6.92. The molecule has 0 aromatic heterocycles. The van der Waals surface area contributed by atoms with Gasteiger partial charge in [0.1, 0.15) is 23.9 Å². The van der Waals surface area contributed by atoms with E-state index in [1.807, 2.05) is 36.4 Å². The first kappa shape index (κ1) is 17.5. The summed E-state index contributed by atoms with van der Waals surface area (Å²) in [6, 6.07) is 13.4. The molecular weight excluding hydrogens is 335 g/mol. The van der Waals surface area contributed by atoms with E-state index in [-0.39, 0.29) is 12.3 Å². The molecule has 0 saturated carbocycles. The van der Waals surface area contributed by atoms with Gasteiger partial charge in [-0.05, 0) is 23.8 Å². The highest BCUT2D eigenvalue weighted by Gasteiger charge is 2.08. The quantitative estimate of drug-likeness (QED) is 0.586. The number of hydrazone groups is 1. The minimum Gasteiger partial charge on any atom is -0.487 e. The predicted molar refractivity (Wildman–Crippen MR) is 91.9 cm³/mol. The number of ether oxygens (including phenoxy) is 1. The van der Waals surface area contributed by atoms with Crippen molar-refractivity contribution in [1.29, 1.82) is 0 Å². The van der Waals surface area contributed by atoms with Crippen molar-refractivity contribution in [1.82, 2.24) is 0 Å². The molecule has 0 radical (unpaired) electrons. The third-order valence-electron chi connectivity index (χ3n) is 2.84. The summed E-state index contributed by atoms with van der Waals surface area (Å²) in [4.78, 5) is 10.6. The van der Waals surface area contributed by atoms with Crippen LogP contribution in [-0.4, -0.2) is 22.9 Å². The van der Waals surface area contributed by atoms with E-state index in [2.05, 4.69) is 10.5 Å². The highest BCUT2D eigenvalue weighted by Crippen LogP contribution is 2.25. The maximum Gasteiger partial charge on any atom is 0.368 e. The van der Waals surface area contributed by atoms with Gasteiger partial charge < -0.3 is 9.84 Å². The SMILES string of the molecule is O=C(O)/C(Cl)=N\Nc1cc(F)ccc1OC/C=C/c1ccccc1. The van der Waals surface area contributed by atoms with Crippen LogP contribution in [0.1, 0.15) is 5.56 Å². The molecule has 0 unspecified atom stereocenters. The first-order valence-corrected chi connectivity index (χ1v) is 7.30. The third-order valence-corrected chi connectivity index (χ3v) is 3.08. The molecule has 0 aliphatic heterocycles. The zero-order valence-electron chi connectivity index (χ0n) is 12.4. The van der Waals surface area contributed by atoms with Gasteiger partial charge in [-0.2, -0.15) is 5.10 Å². The molecule has 0 bridgehead atoms. The van der Waals surface area contributed by atoms with E-state index in [0.717, 1.165) is 11.6 Å². The van der Waals surface area contributed by atoms with Gasteiger partial charge in [0.05, 0.1) is 0 Å². The van der Waals surface area contributed by atoms with E-state index in [0.29, 0.717) is 5.75 Å². The molecule has 0 aliphatic rings. The largest absolute Gasteiger partial charge is 0.487 e. The minimum absolute atomic E-state index is 0.169. The highest BCUT2D eigenvalue weighted by molar-refractivity contribution is 6.81. The molecule has 0 fully saturated rings. The summed E-state index contributed by atoms with van der Waals surface area (Å²) in [5, 5.41) is 11.4. The second kappa shape index (κ2) is 8.69. The Morgan fingerprint density at radius 1 is 1.29 bits per heavy atom. The molecule has 2 rings (SSSR count). The Morgan fingerprint density at radius 3 is 2.75 bits per heavy atom. The zero-order valence-corrected chi connectivity index (χ0v) is 13.2. The minimum atomic E-state index is -1.39. The molecule has 0 amide bonds. The maximum absolute atomic E-state index is 13.3. The van der Waals surface area contributed by atoms with Gasteiger partial charge in [0.15, 0.2) is 0 Å². The van der Waals surface area contributed by atoms with Crippen LogP contribution in [0.2, 0.25) is 0 Å². The predicted octanol–water partition coefficient (Wildman–Crippen LogP) is 3.97. The fourth-order valence-electron chi connectivity index (χ4n) is 1.76. The number of hydrogen-bond acceptors (Lipinski definition) is 4. The molecule has 124 valence electrons. The van der Waals surface area contributed by atoms with E-state index >= 15 is 0 Å². The van der Waals surface area contributed by atoms with Crippen molar-refractivity contribution >= 4 is 34.5 Å². The normalized spacial score (nSPS) is 11.5. The van der Waals surface area contributed by atoms with E-state index < -0.39 is 17.0 Å². The fourth-order valence-corrected chi connectivity index (χ4v) is 1.80. The lowest BCUT2D eigenvalue weighted by molar-refractivity contribution is -0.129. The topological polar surface area (TPSA) is 70.9 Å². The van der Waals surface area contributed by atoms with Crippen molar-refractivity contribution in [3.05, 3.63) is 66.0 Å². The number of aliphatic carboxylic acids is 1. The summed E-state index contributed by atoms with van der Waals surface area (Å²) < 4.78 is 18.9. The smallest absolute Gasteiger partial charge is 0.368 e. The van der Waals surface area contributed by atoms with Crippen LogP contribution >= 0.6 is 11.6 Å². The van der Waals surface area contributed by atoms with E-state index in [9.17, 15) is 9.18 Å². The molecule has 24 heavy (non-hydrogen) atoms. The maximum atomic E-state index is 13.3. The summed E-state index contributed by atoms with van der Waals surface area (Å²) in [6.45, 7) is 0.242. The Morgan fingerprint density at radius 2 is 2.04 bits per heavy atom. The van der Waals surface area contributed by atoms with Crippen LogP contribution in [0, 0.1) is 5.82 Å². The number of hydrogen-bond donors (Lipinski definition) is 2. The van der Waals surface area contributed by atoms with Crippen LogP contribution in [0.4, 0.5) is 10.1 Å². The number of nitrogens with one attached hydrogen (secondary N) is 1. The van der Waals surface area contributed by atoms with E-state index in [4.69, 9.17) is 21.4 Å². The van der Waals surface area contributed by atoms with E-state index in [1.54, 1.807) is 6.08 Å². The van der Waals surface area contributed by atoms with Crippen molar-refractivity contribution in [2.24, 2.45) is 5.10 Å². The van der Waals surface area contributed by atoms with Crippen molar-refractivity contribution < 1.29 is 19.0 Å². The molecule has 0 aliphatic carbocycles. The second-order valence-corrected chi connectivity index (χ2v) is 4.94. The molecule has 2 aromatic rings. The molecule has 2 N–H and O–H groups in total. The average Bonchev–Trinajstić information content (AvgIpc) is 2.58. The molecule has 0 spiro atoms. The number of carbonyl (C=O) groups is 1. The standard InChI is InChI=1S/C17H14ClFN2O3/c18-16(17(22)23)21-20-14-11-13(19)8-9-15(14)24-10-4-7-12-5-2-1-3-6-12/h1-9,11,20H,10H2,(H,22,23)/b7-4+,21-16+. The Bertz CT molecular complexity index is 764. The number of rotatable bonds is 7. The Balaban J connectivity index is 2.03. The summed E-state index contributed by atoms with van der Waals surface area (Å²) in [5.74, 6) is -1.60. The molecule has 0 heterocycles. The number of carboxylic acids is 1. The van der Waals surface area contributed by atoms with Crippen LogP contribution < -0.4 is 10.2 Å². The van der Waals surface area contributed by atoms with Gasteiger partial charge in [0, 0.05) is 6.07 Å². The van der Waals surface area contributed by atoms with Crippen molar-refractivity contribution in [3.8, 4) is 5.75 Å². The molecule has 0 saturated heterocycles. The Kier molecular flexibility index (Phi) is 6.33. The monoisotopic (exact) mass is 348 g/mol. The number of halogens is 2. The highest BCUT2D eigenvalue weighted by atomic mass is 35.5. The Labute approximate surface area is 143 Å². The average molecular weight is 349 g/mol. The van der Waals surface area contributed by atoms with Gasteiger partial charge in [0.2, 0.25) is 5.17 Å². The second-order valence-electron chi connectivity index (χ2n) is 4.58. The van der Waals surface area contributed by atoms with Crippen LogP contribution in [0.3, 0.4) is 0 Å². The number of nitrogens with zero attached hydrogens (tertiary/aromatic N) is 1. The zero-order chi connectivity index (χ0) is 17.4. The summed E-state index contributed by atoms with van der Waals surface area (Å²) in [7, 11) is 0. The number of benzene rings is 2. The van der Waals surface area contributed by atoms with Gasteiger partial charge in [-0.1, -0.05) is 48.0 Å². The van der Waals surface area contributed by atoms with Crippen molar-refractivity contribution in [3.63, 3.8) is 0 Å². The first-order chi connectivity index (χ1) is 11.6. The van der Waals surface area contributed by atoms with Crippen LogP contribution in [0.15, 0.2) is 59.7 Å².